The molecule has 3 aromatic rings. The van der Waals surface area contributed by atoms with Crippen LogP contribution in [0, 0.1) is 0 Å². The Kier molecular flexibility index (Phi) is 3.28. The number of rotatable bonds is 4. The van der Waals surface area contributed by atoms with Crippen molar-refractivity contribution in [2.75, 3.05) is 12.3 Å². The Morgan fingerprint density at radius 1 is 1.30 bits per heavy atom. The van der Waals surface area contributed by atoms with Crippen LogP contribution < -0.4 is 11.5 Å². The van der Waals surface area contributed by atoms with E-state index in [0.29, 0.717) is 12.4 Å². The molecule has 0 bridgehead atoms. The first-order chi connectivity index (χ1) is 9.74. The van der Waals surface area contributed by atoms with Crippen LogP contribution in [0.5, 0.6) is 0 Å². The summed E-state index contributed by atoms with van der Waals surface area (Å²) >= 11 is 0. The third kappa shape index (κ3) is 2.00. The molecule has 2 heterocycles. The third-order valence-corrected chi connectivity index (χ3v) is 3.51. The summed E-state index contributed by atoms with van der Waals surface area (Å²) in [6, 6.07) is 6.09. The number of benzene rings is 1. The van der Waals surface area contributed by atoms with E-state index in [-0.39, 0.29) is 0 Å². The first-order valence-corrected chi connectivity index (χ1v) is 6.99. The Morgan fingerprint density at radius 3 is 2.90 bits per heavy atom. The van der Waals surface area contributed by atoms with Crippen LogP contribution in [0.15, 0.2) is 24.4 Å². The molecule has 0 amide bonds. The largest absolute Gasteiger partial charge is 0.382 e. The Morgan fingerprint density at radius 2 is 2.15 bits per heavy atom. The van der Waals surface area contributed by atoms with Crippen LogP contribution in [-0.2, 0) is 13.0 Å². The van der Waals surface area contributed by atoms with Gasteiger partial charge in [0, 0.05) is 23.5 Å². The predicted octanol–water partition coefficient (Wildman–Crippen LogP) is 2.08. The summed E-state index contributed by atoms with van der Waals surface area (Å²) in [7, 11) is 0. The summed E-state index contributed by atoms with van der Waals surface area (Å²) in [5.41, 5.74) is 14.7. The van der Waals surface area contributed by atoms with Gasteiger partial charge in [-0.25, -0.2) is 4.98 Å². The molecular weight excluding hydrogens is 250 g/mol. The monoisotopic (exact) mass is 269 g/mol. The standard InChI is InChI=1S/C15H19N5/c1-2-8-20-9-11-13-10(6-7-16)4-3-5-12(13)18-15(17)14(11)19-20/h3-5,9H,2,6-8,16H2,1H3,(H2,17,18). The number of nitrogen functional groups attached to an aromatic ring is 1. The molecule has 0 aliphatic carbocycles. The molecule has 3 rings (SSSR count). The summed E-state index contributed by atoms with van der Waals surface area (Å²) in [6.07, 6.45) is 3.94. The SMILES string of the molecule is CCCn1cc2c(n1)c(N)nc1cccc(CCN)c12. The van der Waals surface area contributed by atoms with Crippen molar-refractivity contribution in [2.24, 2.45) is 5.73 Å². The van der Waals surface area contributed by atoms with Crippen molar-refractivity contribution < 1.29 is 0 Å². The molecule has 0 saturated carbocycles. The topological polar surface area (TPSA) is 82.8 Å². The van der Waals surface area contributed by atoms with E-state index in [1.54, 1.807) is 0 Å². The van der Waals surface area contributed by atoms with Gasteiger partial charge in [-0.1, -0.05) is 19.1 Å². The van der Waals surface area contributed by atoms with Crippen molar-refractivity contribution in [2.45, 2.75) is 26.3 Å². The number of anilines is 1. The fourth-order valence-corrected chi connectivity index (χ4v) is 2.67. The van der Waals surface area contributed by atoms with Crippen molar-refractivity contribution in [1.29, 1.82) is 0 Å². The molecule has 5 nitrogen and oxygen atoms in total. The minimum atomic E-state index is 0.493. The lowest BCUT2D eigenvalue weighted by Gasteiger charge is -2.06. The summed E-state index contributed by atoms with van der Waals surface area (Å²) in [4.78, 5) is 4.48. The Balaban J connectivity index is 2.36. The molecule has 2 aromatic heterocycles. The molecule has 0 atom stereocenters. The normalized spacial score (nSPS) is 11.5. The van der Waals surface area contributed by atoms with Crippen molar-refractivity contribution >= 4 is 27.6 Å². The molecule has 20 heavy (non-hydrogen) atoms. The average Bonchev–Trinajstić information content (AvgIpc) is 2.84. The second kappa shape index (κ2) is 5.09. The van der Waals surface area contributed by atoms with Crippen LogP contribution in [0.2, 0.25) is 0 Å². The molecule has 0 aliphatic heterocycles. The average molecular weight is 269 g/mol. The number of pyridine rings is 1. The molecule has 104 valence electrons. The Hall–Kier alpha value is -2.14. The van der Waals surface area contributed by atoms with E-state index < -0.39 is 0 Å². The van der Waals surface area contributed by atoms with Gasteiger partial charge in [-0.15, -0.1) is 0 Å². The van der Waals surface area contributed by atoms with Gasteiger partial charge in [0.1, 0.15) is 5.52 Å². The maximum atomic E-state index is 6.04. The van der Waals surface area contributed by atoms with E-state index in [2.05, 4.69) is 29.3 Å². The zero-order chi connectivity index (χ0) is 14.1. The second-order valence-electron chi connectivity index (χ2n) is 5.00. The van der Waals surface area contributed by atoms with Crippen LogP contribution >= 0.6 is 0 Å². The van der Waals surface area contributed by atoms with E-state index >= 15 is 0 Å². The molecular formula is C15H19N5. The number of hydrogen-bond donors (Lipinski definition) is 2. The fourth-order valence-electron chi connectivity index (χ4n) is 2.67. The molecule has 0 saturated heterocycles. The molecule has 1 aromatic carbocycles. The van der Waals surface area contributed by atoms with Gasteiger partial charge in [-0.05, 0) is 31.0 Å². The quantitative estimate of drug-likeness (QED) is 0.759. The van der Waals surface area contributed by atoms with Gasteiger partial charge in [0.25, 0.3) is 0 Å². The number of aromatic nitrogens is 3. The van der Waals surface area contributed by atoms with Crippen molar-refractivity contribution in [1.82, 2.24) is 14.8 Å². The van der Waals surface area contributed by atoms with Crippen LogP contribution in [0.1, 0.15) is 18.9 Å². The molecule has 5 heteroatoms. The summed E-state index contributed by atoms with van der Waals surface area (Å²) in [5.74, 6) is 0.493. The van der Waals surface area contributed by atoms with Crippen LogP contribution in [-0.4, -0.2) is 21.3 Å². The highest BCUT2D eigenvalue weighted by Crippen LogP contribution is 2.29. The molecule has 4 N–H and O–H groups in total. The van der Waals surface area contributed by atoms with E-state index in [9.17, 15) is 0 Å². The highest BCUT2D eigenvalue weighted by molar-refractivity contribution is 6.09. The number of nitrogens with zero attached hydrogens (tertiary/aromatic N) is 3. The number of fused-ring (bicyclic) bond motifs is 3. The van der Waals surface area contributed by atoms with Crippen molar-refractivity contribution in [3.63, 3.8) is 0 Å². The lowest BCUT2D eigenvalue weighted by Crippen LogP contribution is -2.03. The van der Waals surface area contributed by atoms with Gasteiger partial charge < -0.3 is 11.5 Å². The van der Waals surface area contributed by atoms with Gasteiger partial charge in [0.2, 0.25) is 0 Å². The second-order valence-corrected chi connectivity index (χ2v) is 5.00. The zero-order valence-corrected chi connectivity index (χ0v) is 11.6. The maximum Gasteiger partial charge on any atom is 0.152 e. The Labute approximate surface area is 117 Å². The molecule has 0 fully saturated rings. The Bertz CT molecular complexity index is 760. The third-order valence-electron chi connectivity index (χ3n) is 3.51. The molecule has 0 unspecified atom stereocenters. The lowest BCUT2D eigenvalue weighted by atomic mass is 10.0. The maximum absolute atomic E-state index is 6.04. The van der Waals surface area contributed by atoms with Crippen LogP contribution in [0.3, 0.4) is 0 Å². The van der Waals surface area contributed by atoms with Gasteiger partial charge in [-0.2, -0.15) is 5.10 Å². The first kappa shape index (κ1) is 12.9. The number of aryl methyl sites for hydroxylation is 1. The first-order valence-electron chi connectivity index (χ1n) is 6.99. The minimum absolute atomic E-state index is 0.493. The highest BCUT2D eigenvalue weighted by atomic mass is 15.3. The molecule has 0 spiro atoms. The smallest absolute Gasteiger partial charge is 0.152 e. The summed E-state index contributed by atoms with van der Waals surface area (Å²) < 4.78 is 1.95. The number of hydrogen-bond acceptors (Lipinski definition) is 4. The van der Waals surface area contributed by atoms with E-state index in [4.69, 9.17) is 11.5 Å². The van der Waals surface area contributed by atoms with E-state index in [0.717, 1.165) is 41.2 Å². The summed E-state index contributed by atoms with van der Waals surface area (Å²) in [5, 5.41) is 6.75. The van der Waals surface area contributed by atoms with Gasteiger partial charge >= 0.3 is 0 Å². The predicted molar refractivity (Wildman–Crippen MR) is 82.5 cm³/mol. The van der Waals surface area contributed by atoms with Crippen molar-refractivity contribution in [3.05, 3.63) is 30.0 Å². The van der Waals surface area contributed by atoms with Gasteiger partial charge in [0.05, 0.1) is 5.52 Å². The lowest BCUT2D eigenvalue weighted by molar-refractivity contribution is 0.609. The van der Waals surface area contributed by atoms with Gasteiger partial charge in [0.15, 0.2) is 5.82 Å². The molecule has 0 radical (unpaired) electrons. The van der Waals surface area contributed by atoms with E-state index in [1.165, 1.54) is 5.56 Å². The zero-order valence-electron chi connectivity index (χ0n) is 11.6. The fraction of sp³-hybridized carbons (Fsp3) is 0.333. The molecule has 0 aliphatic rings. The van der Waals surface area contributed by atoms with Crippen molar-refractivity contribution in [3.8, 4) is 0 Å². The minimum Gasteiger partial charge on any atom is -0.382 e. The van der Waals surface area contributed by atoms with E-state index in [1.807, 2.05) is 16.8 Å². The number of nitrogens with two attached hydrogens (primary N) is 2. The van der Waals surface area contributed by atoms with Crippen LogP contribution in [0.25, 0.3) is 21.8 Å². The van der Waals surface area contributed by atoms with Gasteiger partial charge in [-0.3, -0.25) is 4.68 Å². The van der Waals surface area contributed by atoms with Crippen LogP contribution in [0.4, 0.5) is 5.82 Å². The highest BCUT2D eigenvalue weighted by Gasteiger charge is 2.13. The summed E-state index contributed by atoms with van der Waals surface area (Å²) in [6.45, 7) is 3.63.